The molecule has 180 valence electrons. The van der Waals surface area contributed by atoms with Gasteiger partial charge in [0, 0.05) is 5.56 Å². The number of anilines is 2. The third-order valence-corrected chi connectivity index (χ3v) is 6.02. The van der Waals surface area contributed by atoms with Gasteiger partial charge in [-0.3, -0.25) is 9.10 Å². The zero-order chi connectivity index (χ0) is 24.7. The molecular formula is C26H30N2O5S. The number of hydrogen-bond donors (Lipinski definition) is 1. The van der Waals surface area contributed by atoms with Crippen molar-refractivity contribution in [3.05, 3.63) is 83.9 Å². The molecular weight excluding hydrogens is 452 g/mol. The zero-order valence-corrected chi connectivity index (χ0v) is 20.6. The number of nitrogens with zero attached hydrogens (tertiary/aromatic N) is 1. The molecule has 1 N–H and O–H groups in total. The fourth-order valence-corrected chi connectivity index (χ4v) is 4.21. The predicted octanol–water partition coefficient (Wildman–Crippen LogP) is 5.09. The highest BCUT2D eigenvalue weighted by atomic mass is 32.2. The number of carbonyl (C=O) groups is 1. The predicted molar refractivity (Wildman–Crippen MR) is 135 cm³/mol. The van der Waals surface area contributed by atoms with E-state index < -0.39 is 10.0 Å². The number of rotatable bonds is 10. The van der Waals surface area contributed by atoms with E-state index in [0.717, 1.165) is 5.56 Å². The lowest BCUT2D eigenvalue weighted by molar-refractivity contribution is 0.102. The van der Waals surface area contributed by atoms with Crippen LogP contribution < -0.4 is 19.1 Å². The van der Waals surface area contributed by atoms with E-state index in [1.807, 2.05) is 32.9 Å². The van der Waals surface area contributed by atoms with Crippen molar-refractivity contribution in [2.24, 2.45) is 0 Å². The number of para-hydroxylation sites is 2. The Bertz CT molecular complexity index is 1210. The number of ether oxygens (including phenoxy) is 2. The van der Waals surface area contributed by atoms with Crippen LogP contribution in [0.4, 0.5) is 11.4 Å². The van der Waals surface area contributed by atoms with Crippen molar-refractivity contribution in [1.82, 2.24) is 0 Å². The smallest absolute Gasteiger partial charge is 0.255 e. The van der Waals surface area contributed by atoms with Crippen LogP contribution in [0.3, 0.4) is 0 Å². The van der Waals surface area contributed by atoms with Crippen molar-refractivity contribution in [3.63, 3.8) is 0 Å². The largest absolute Gasteiger partial charge is 0.494 e. The van der Waals surface area contributed by atoms with Crippen molar-refractivity contribution in [3.8, 4) is 11.5 Å². The molecule has 0 fully saturated rings. The fourth-order valence-electron chi connectivity index (χ4n) is 3.32. The molecule has 8 heteroatoms. The topological polar surface area (TPSA) is 84.9 Å². The van der Waals surface area contributed by atoms with Gasteiger partial charge in [-0.1, -0.05) is 24.3 Å². The monoisotopic (exact) mass is 482 g/mol. The highest BCUT2D eigenvalue weighted by Crippen LogP contribution is 2.26. The molecule has 34 heavy (non-hydrogen) atoms. The minimum Gasteiger partial charge on any atom is -0.494 e. The van der Waals surface area contributed by atoms with Crippen molar-refractivity contribution in [2.45, 2.75) is 33.4 Å². The summed E-state index contributed by atoms with van der Waals surface area (Å²) in [6.45, 7) is 6.40. The van der Waals surface area contributed by atoms with E-state index >= 15 is 0 Å². The number of sulfonamides is 1. The van der Waals surface area contributed by atoms with Gasteiger partial charge < -0.3 is 14.8 Å². The second-order valence-corrected chi connectivity index (χ2v) is 9.92. The molecule has 0 unspecified atom stereocenters. The van der Waals surface area contributed by atoms with Crippen molar-refractivity contribution >= 4 is 27.3 Å². The molecule has 3 aromatic rings. The van der Waals surface area contributed by atoms with Crippen LogP contribution >= 0.6 is 0 Å². The van der Waals surface area contributed by atoms with Crippen LogP contribution in [0, 0.1) is 0 Å². The van der Waals surface area contributed by atoms with E-state index in [2.05, 4.69) is 5.32 Å². The maximum Gasteiger partial charge on any atom is 0.255 e. The lowest BCUT2D eigenvalue weighted by atomic mass is 10.1. The number of benzene rings is 3. The average Bonchev–Trinajstić information content (AvgIpc) is 2.79. The van der Waals surface area contributed by atoms with Crippen LogP contribution in [0.15, 0.2) is 72.8 Å². The molecule has 3 rings (SSSR count). The summed E-state index contributed by atoms with van der Waals surface area (Å²) in [5.41, 5.74) is 2.33. The highest BCUT2D eigenvalue weighted by Gasteiger charge is 2.18. The lowest BCUT2D eigenvalue weighted by Crippen LogP contribution is -2.29. The van der Waals surface area contributed by atoms with Crippen molar-refractivity contribution in [1.29, 1.82) is 0 Å². The van der Waals surface area contributed by atoms with Gasteiger partial charge in [0.2, 0.25) is 10.0 Å². The molecule has 0 saturated heterocycles. The van der Waals surface area contributed by atoms with Gasteiger partial charge in [0.05, 0.1) is 36.9 Å². The molecule has 3 aromatic carbocycles. The van der Waals surface area contributed by atoms with E-state index in [1.165, 1.54) is 10.6 Å². The molecule has 0 spiro atoms. The molecule has 0 aromatic heterocycles. The fraction of sp³-hybridized carbons (Fsp3) is 0.269. The molecule has 0 bridgehead atoms. The molecule has 0 atom stereocenters. The molecule has 0 aliphatic rings. The summed E-state index contributed by atoms with van der Waals surface area (Å²) < 4.78 is 37.4. The minimum atomic E-state index is -3.52. The Morgan fingerprint density at radius 3 is 2.21 bits per heavy atom. The number of nitrogens with one attached hydrogen (secondary N) is 1. The Balaban J connectivity index is 1.74. The first-order chi connectivity index (χ1) is 16.2. The molecule has 0 heterocycles. The van der Waals surface area contributed by atoms with Crippen LogP contribution in [0.2, 0.25) is 0 Å². The zero-order valence-electron chi connectivity index (χ0n) is 19.8. The van der Waals surface area contributed by atoms with Crippen LogP contribution in [0.25, 0.3) is 0 Å². The van der Waals surface area contributed by atoms with Gasteiger partial charge in [-0.25, -0.2) is 8.42 Å². The van der Waals surface area contributed by atoms with Gasteiger partial charge in [-0.2, -0.15) is 0 Å². The third-order valence-electron chi connectivity index (χ3n) is 4.88. The van der Waals surface area contributed by atoms with E-state index in [1.54, 1.807) is 60.7 Å². The summed E-state index contributed by atoms with van der Waals surface area (Å²) in [4.78, 5) is 12.8. The molecule has 0 saturated carbocycles. The Morgan fingerprint density at radius 2 is 1.62 bits per heavy atom. The quantitative estimate of drug-likeness (QED) is 0.435. The lowest BCUT2D eigenvalue weighted by Gasteiger charge is -2.23. The Hall–Kier alpha value is -3.52. The minimum absolute atomic E-state index is 0.0227. The summed E-state index contributed by atoms with van der Waals surface area (Å²) in [5, 5.41) is 2.88. The summed E-state index contributed by atoms with van der Waals surface area (Å²) in [6, 6.07) is 21.0. The Morgan fingerprint density at radius 1 is 0.971 bits per heavy atom. The van der Waals surface area contributed by atoms with Gasteiger partial charge >= 0.3 is 0 Å². The van der Waals surface area contributed by atoms with Crippen molar-refractivity contribution < 1.29 is 22.7 Å². The number of hydrogen-bond acceptors (Lipinski definition) is 5. The second-order valence-electron chi connectivity index (χ2n) is 8.01. The average molecular weight is 483 g/mol. The molecule has 0 aliphatic carbocycles. The molecule has 1 amide bonds. The molecule has 7 nitrogen and oxygen atoms in total. The first-order valence-corrected chi connectivity index (χ1v) is 12.9. The highest BCUT2D eigenvalue weighted by molar-refractivity contribution is 7.92. The van der Waals surface area contributed by atoms with Gasteiger partial charge in [0.25, 0.3) is 5.91 Å². The van der Waals surface area contributed by atoms with Crippen LogP contribution in [0.1, 0.15) is 36.7 Å². The first kappa shape index (κ1) is 25.1. The van der Waals surface area contributed by atoms with Gasteiger partial charge in [-0.15, -0.1) is 0 Å². The molecule has 0 aliphatic heterocycles. The third kappa shape index (κ3) is 6.74. The number of carbonyl (C=O) groups excluding carboxylic acids is 1. The molecule has 0 radical (unpaired) electrons. The summed E-state index contributed by atoms with van der Waals surface area (Å²) >= 11 is 0. The number of amides is 1. The van der Waals surface area contributed by atoms with Crippen molar-refractivity contribution in [2.75, 3.05) is 22.5 Å². The van der Waals surface area contributed by atoms with E-state index in [4.69, 9.17) is 9.47 Å². The maximum absolute atomic E-state index is 12.8. The van der Waals surface area contributed by atoms with Gasteiger partial charge in [0.1, 0.15) is 11.5 Å². The van der Waals surface area contributed by atoms with Gasteiger partial charge in [0.15, 0.2) is 0 Å². The SMILES string of the molecule is CCOc1ccc(N(Cc2ccc(C(=O)Nc3ccccc3OC(C)C)cc2)S(C)(=O)=O)cc1. The van der Waals surface area contributed by atoms with Gasteiger partial charge in [-0.05, 0) is 74.9 Å². The normalized spacial score (nSPS) is 11.2. The Kier molecular flexibility index (Phi) is 8.17. The maximum atomic E-state index is 12.8. The van der Waals surface area contributed by atoms with E-state index in [9.17, 15) is 13.2 Å². The van der Waals surface area contributed by atoms with Crippen LogP contribution in [0.5, 0.6) is 11.5 Å². The summed E-state index contributed by atoms with van der Waals surface area (Å²) in [6.07, 6.45) is 1.15. The Labute approximate surface area is 201 Å². The summed E-state index contributed by atoms with van der Waals surface area (Å²) in [7, 11) is -3.52. The van der Waals surface area contributed by atoms with Crippen LogP contribution in [-0.2, 0) is 16.6 Å². The second kappa shape index (κ2) is 11.1. The first-order valence-electron chi connectivity index (χ1n) is 11.0. The van der Waals surface area contributed by atoms with Crippen LogP contribution in [-0.4, -0.2) is 33.3 Å². The standard InChI is InChI=1S/C26H30N2O5S/c1-5-32-23-16-14-22(15-17-23)28(34(4,30)31)18-20-10-12-21(13-11-20)26(29)27-24-8-6-7-9-25(24)33-19(2)3/h6-17,19H,5,18H2,1-4H3,(H,27,29). The van der Waals surface area contributed by atoms with E-state index in [-0.39, 0.29) is 18.6 Å². The van der Waals surface area contributed by atoms with E-state index in [0.29, 0.717) is 35.0 Å². The summed E-state index contributed by atoms with van der Waals surface area (Å²) in [5.74, 6) is 0.995.